The number of aliphatic hydroxyl groups excluding tert-OH is 1. The van der Waals surface area contributed by atoms with Crippen LogP contribution in [0.25, 0.3) is 0 Å². The Kier molecular flexibility index (Phi) is 6.43. The molecule has 1 fully saturated rings. The van der Waals surface area contributed by atoms with Crippen molar-refractivity contribution < 1.29 is 14.6 Å². The summed E-state index contributed by atoms with van der Waals surface area (Å²) < 4.78 is 5.13. The zero-order valence-electron chi connectivity index (χ0n) is 13.6. The van der Waals surface area contributed by atoms with E-state index in [1.54, 1.807) is 7.11 Å². The van der Waals surface area contributed by atoms with Gasteiger partial charge in [0.2, 0.25) is 5.91 Å². The van der Waals surface area contributed by atoms with E-state index in [0.717, 1.165) is 26.2 Å². The van der Waals surface area contributed by atoms with E-state index in [1.165, 1.54) is 0 Å². The van der Waals surface area contributed by atoms with Gasteiger partial charge in [0.25, 0.3) is 0 Å². The summed E-state index contributed by atoms with van der Waals surface area (Å²) in [5, 5.41) is 10.1. The number of hydrogen-bond donors (Lipinski definition) is 1. The van der Waals surface area contributed by atoms with Crippen LogP contribution in [-0.4, -0.2) is 72.9 Å². The predicted molar refractivity (Wildman–Crippen MR) is 79.6 cm³/mol. The molecular formula is C15H30N2O3. The van der Waals surface area contributed by atoms with Crippen molar-refractivity contribution >= 4 is 5.91 Å². The number of carbonyl (C=O) groups excluding carboxylic acids is 1. The average molecular weight is 286 g/mol. The fraction of sp³-hybridized carbons (Fsp3) is 0.933. The molecule has 0 saturated carbocycles. The lowest BCUT2D eigenvalue weighted by Gasteiger charge is -2.38. The van der Waals surface area contributed by atoms with Crippen LogP contribution in [0.3, 0.4) is 0 Å². The van der Waals surface area contributed by atoms with Crippen LogP contribution in [0.2, 0.25) is 0 Å². The zero-order chi connectivity index (χ0) is 15.3. The monoisotopic (exact) mass is 286 g/mol. The van der Waals surface area contributed by atoms with Crippen molar-refractivity contribution in [3.8, 4) is 0 Å². The number of piperazine rings is 1. The maximum atomic E-state index is 12.0. The van der Waals surface area contributed by atoms with Gasteiger partial charge in [-0.05, 0) is 12.3 Å². The number of ether oxygens (including phenoxy) is 1. The van der Waals surface area contributed by atoms with E-state index in [2.05, 4.69) is 4.90 Å². The highest BCUT2D eigenvalue weighted by atomic mass is 16.5. The zero-order valence-corrected chi connectivity index (χ0v) is 13.6. The molecule has 1 rings (SSSR count). The molecule has 0 spiro atoms. The maximum Gasteiger partial charge on any atom is 0.225 e. The van der Waals surface area contributed by atoms with Crippen molar-refractivity contribution in [2.75, 3.05) is 39.8 Å². The van der Waals surface area contributed by atoms with Gasteiger partial charge in [0.1, 0.15) is 0 Å². The fourth-order valence-corrected chi connectivity index (χ4v) is 2.16. The fourth-order valence-electron chi connectivity index (χ4n) is 2.16. The summed E-state index contributed by atoms with van der Waals surface area (Å²) in [6.07, 6.45) is 0.0858. The highest BCUT2D eigenvalue weighted by Crippen LogP contribution is 2.20. The Labute approximate surface area is 122 Å². The molecule has 0 aromatic heterocycles. The molecule has 5 heteroatoms. The normalized spacial score (nSPS) is 20.8. The van der Waals surface area contributed by atoms with Gasteiger partial charge in [-0.3, -0.25) is 9.69 Å². The smallest absolute Gasteiger partial charge is 0.225 e. The maximum absolute atomic E-state index is 12.0. The van der Waals surface area contributed by atoms with Crippen LogP contribution in [0.1, 0.15) is 34.1 Å². The van der Waals surface area contributed by atoms with Gasteiger partial charge in [-0.25, -0.2) is 0 Å². The molecule has 1 amide bonds. The summed E-state index contributed by atoms with van der Waals surface area (Å²) in [7, 11) is 1.63. The van der Waals surface area contributed by atoms with E-state index < -0.39 is 0 Å². The van der Waals surface area contributed by atoms with E-state index in [1.807, 2.05) is 32.6 Å². The van der Waals surface area contributed by atoms with Crippen molar-refractivity contribution in [1.29, 1.82) is 0 Å². The van der Waals surface area contributed by atoms with Crippen LogP contribution in [0.5, 0.6) is 0 Å². The lowest BCUT2D eigenvalue weighted by Crippen LogP contribution is -2.52. The van der Waals surface area contributed by atoms with Gasteiger partial charge in [-0.1, -0.05) is 20.8 Å². The minimum absolute atomic E-state index is 0.0248. The third-order valence-electron chi connectivity index (χ3n) is 4.02. The Morgan fingerprint density at radius 3 is 2.25 bits per heavy atom. The Balaban J connectivity index is 2.35. The molecule has 0 aromatic carbocycles. The van der Waals surface area contributed by atoms with Gasteiger partial charge in [0, 0.05) is 39.8 Å². The first-order chi connectivity index (χ1) is 9.24. The molecule has 1 heterocycles. The first-order valence-corrected chi connectivity index (χ1v) is 7.45. The molecule has 0 bridgehead atoms. The van der Waals surface area contributed by atoms with E-state index in [0.29, 0.717) is 13.0 Å². The third-order valence-corrected chi connectivity index (χ3v) is 4.02. The van der Waals surface area contributed by atoms with Gasteiger partial charge in [-0.15, -0.1) is 0 Å². The van der Waals surface area contributed by atoms with Crippen LogP contribution in [-0.2, 0) is 9.53 Å². The SMILES string of the molecule is COC(C)CC(=O)N1CCN(CC(O)C(C)(C)C)CC1. The van der Waals surface area contributed by atoms with E-state index in [9.17, 15) is 9.90 Å². The summed E-state index contributed by atoms with van der Waals surface area (Å²) >= 11 is 0. The number of β-amino-alcohol motifs (C(OH)–C–C–N with tert-alkyl or cyclic N) is 1. The number of amides is 1. The van der Waals surface area contributed by atoms with Crippen molar-refractivity contribution in [3.05, 3.63) is 0 Å². The second-order valence-electron chi connectivity index (χ2n) is 6.81. The molecule has 1 aliphatic heterocycles. The topological polar surface area (TPSA) is 53.0 Å². The lowest BCUT2D eigenvalue weighted by molar-refractivity contribution is -0.135. The van der Waals surface area contributed by atoms with Gasteiger partial charge >= 0.3 is 0 Å². The van der Waals surface area contributed by atoms with Crippen molar-refractivity contribution in [2.24, 2.45) is 5.41 Å². The summed E-state index contributed by atoms with van der Waals surface area (Å²) in [4.78, 5) is 16.2. The molecule has 0 radical (unpaired) electrons. The highest BCUT2D eigenvalue weighted by molar-refractivity contribution is 5.76. The molecule has 118 valence electrons. The predicted octanol–water partition coefficient (Wildman–Crippen LogP) is 0.963. The molecule has 5 nitrogen and oxygen atoms in total. The molecule has 1 aliphatic rings. The number of hydrogen-bond acceptors (Lipinski definition) is 4. The molecule has 20 heavy (non-hydrogen) atoms. The number of methoxy groups -OCH3 is 1. The second-order valence-corrected chi connectivity index (χ2v) is 6.81. The number of aliphatic hydroxyl groups is 1. The summed E-state index contributed by atoms with van der Waals surface area (Å²) in [6.45, 7) is 11.9. The second kappa shape index (κ2) is 7.38. The molecule has 0 aliphatic carbocycles. The first-order valence-electron chi connectivity index (χ1n) is 7.45. The summed E-state index contributed by atoms with van der Waals surface area (Å²) in [5.74, 6) is 0.162. The summed E-state index contributed by atoms with van der Waals surface area (Å²) in [6, 6.07) is 0. The molecule has 2 atom stereocenters. The van der Waals surface area contributed by atoms with Crippen LogP contribution < -0.4 is 0 Å². The van der Waals surface area contributed by atoms with Gasteiger partial charge in [0.05, 0.1) is 18.6 Å². The van der Waals surface area contributed by atoms with Crippen LogP contribution >= 0.6 is 0 Å². The standard InChI is InChI=1S/C15H30N2O3/c1-12(20-5)10-14(19)17-8-6-16(7-9-17)11-13(18)15(2,3)4/h12-13,18H,6-11H2,1-5H3. The highest BCUT2D eigenvalue weighted by Gasteiger charge is 2.27. The van der Waals surface area contributed by atoms with E-state index in [-0.39, 0.29) is 23.5 Å². The van der Waals surface area contributed by atoms with E-state index >= 15 is 0 Å². The van der Waals surface area contributed by atoms with E-state index in [4.69, 9.17) is 4.74 Å². The third kappa shape index (κ3) is 5.38. The van der Waals surface area contributed by atoms with Crippen molar-refractivity contribution in [1.82, 2.24) is 9.80 Å². The number of carbonyl (C=O) groups is 1. The van der Waals surface area contributed by atoms with Crippen molar-refractivity contribution in [2.45, 2.75) is 46.3 Å². The molecule has 2 unspecified atom stereocenters. The number of rotatable bonds is 5. The summed E-state index contributed by atoms with van der Waals surface area (Å²) in [5.41, 5.74) is -0.0964. The lowest BCUT2D eigenvalue weighted by atomic mass is 9.89. The number of nitrogens with zero attached hydrogens (tertiary/aromatic N) is 2. The molecule has 1 saturated heterocycles. The minimum atomic E-state index is -0.335. The Hall–Kier alpha value is -0.650. The first kappa shape index (κ1) is 17.4. The minimum Gasteiger partial charge on any atom is -0.391 e. The molecule has 1 N–H and O–H groups in total. The van der Waals surface area contributed by atoms with Crippen LogP contribution in [0.15, 0.2) is 0 Å². The van der Waals surface area contributed by atoms with Gasteiger partial charge in [0.15, 0.2) is 0 Å². The van der Waals surface area contributed by atoms with Crippen LogP contribution in [0.4, 0.5) is 0 Å². The van der Waals surface area contributed by atoms with Crippen LogP contribution in [0, 0.1) is 5.41 Å². The molecular weight excluding hydrogens is 256 g/mol. The van der Waals surface area contributed by atoms with Gasteiger partial charge in [-0.2, -0.15) is 0 Å². The van der Waals surface area contributed by atoms with Gasteiger partial charge < -0.3 is 14.7 Å². The average Bonchev–Trinajstić information content (AvgIpc) is 2.38. The largest absolute Gasteiger partial charge is 0.391 e. The quantitative estimate of drug-likeness (QED) is 0.818. The Morgan fingerprint density at radius 2 is 1.80 bits per heavy atom. The Morgan fingerprint density at radius 1 is 1.25 bits per heavy atom. The molecule has 0 aromatic rings. The Bertz CT molecular complexity index is 307. The van der Waals surface area contributed by atoms with Crippen molar-refractivity contribution in [3.63, 3.8) is 0 Å².